The van der Waals surface area contributed by atoms with Crippen LogP contribution in [0.15, 0.2) is 18.2 Å². The molecule has 0 aliphatic carbocycles. The highest BCUT2D eigenvalue weighted by Crippen LogP contribution is 2.34. The van der Waals surface area contributed by atoms with Gasteiger partial charge in [0.25, 0.3) is 11.8 Å². The van der Waals surface area contributed by atoms with Crippen molar-refractivity contribution >= 4 is 29.5 Å². The van der Waals surface area contributed by atoms with Crippen LogP contribution in [0.2, 0.25) is 0 Å². The number of rotatable bonds is 8. The number of urea groups is 1. The van der Waals surface area contributed by atoms with Crippen LogP contribution < -0.4 is 20.1 Å². The summed E-state index contributed by atoms with van der Waals surface area (Å²) in [4.78, 5) is 49.4. The number of esters is 1. The number of nitrogens with one attached hydrogen (secondary N) is 2. The number of carbonyl (C=O) groups excluding carboxylic acids is 4. The number of hydrogen-bond donors (Lipinski definition) is 2. The Morgan fingerprint density at radius 1 is 1.28 bits per heavy atom. The molecule has 3 rings (SSSR count). The van der Waals surface area contributed by atoms with E-state index in [1.54, 1.807) is 25.1 Å². The van der Waals surface area contributed by atoms with Crippen molar-refractivity contribution < 1.29 is 33.4 Å². The summed E-state index contributed by atoms with van der Waals surface area (Å²) < 4.78 is 15.3. The first-order valence-electron chi connectivity index (χ1n) is 9.31. The molecule has 1 saturated heterocycles. The molecule has 0 bridgehead atoms. The standard InChI is InChI=1S/C19H23N3O7/c1-3-4-7-19(2)17(25)22(18(26)21-19)9-16(24)27-10-15(23)20-12-5-6-13-14(8-12)29-11-28-13/h5-6,8H,3-4,7,9-11H2,1-2H3,(H,20,23)(H,21,26)/t19-/m0/s1. The van der Waals surface area contributed by atoms with E-state index in [2.05, 4.69) is 10.6 Å². The Bertz CT molecular complexity index is 841. The second kappa shape index (κ2) is 8.38. The average molecular weight is 405 g/mol. The van der Waals surface area contributed by atoms with Gasteiger partial charge in [-0.25, -0.2) is 4.79 Å². The number of anilines is 1. The molecule has 1 aromatic carbocycles. The molecule has 10 heteroatoms. The Balaban J connectivity index is 1.47. The van der Waals surface area contributed by atoms with Crippen LogP contribution in [0.1, 0.15) is 33.1 Å². The molecule has 2 N–H and O–H groups in total. The molecule has 2 heterocycles. The van der Waals surface area contributed by atoms with E-state index in [9.17, 15) is 19.2 Å². The van der Waals surface area contributed by atoms with Gasteiger partial charge < -0.3 is 24.8 Å². The molecule has 29 heavy (non-hydrogen) atoms. The van der Waals surface area contributed by atoms with Crippen molar-refractivity contribution in [3.8, 4) is 11.5 Å². The fraction of sp³-hybridized carbons (Fsp3) is 0.474. The summed E-state index contributed by atoms with van der Waals surface area (Å²) in [5.41, 5.74) is -0.569. The third kappa shape index (κ3) is 4.58. The Hall–Kier alpha value is -3.30. The predicted octanol–water partition coefficient (Wildman–Crippen LogP) is 1.40. The van der Waals surface area contributed by atoms with Crippen molar-refractivity contribution in [3.63, 3.8) is 0 Å². The molecule has 1 atom stereocenters. The van der Waals surface area contributed by atoms with E-state index in [1.807, 2.05) is 6.92 Å². The second-order valence-corrected chi connectivity index (χ2v) is 7.03. The normalized spacial score (nSPS) is 19.9. The van der Waals surface area contributed by atoms with Crippen LogP contribution in [0.3, 0.4) is 0 Å². The predicted molar refractivity (Wildman–Crippen MR) is 100 cm³/mol. The summed E-state index contributed by atoms with van der Waals surface area (Å²) in [6.45, 7) is 2.62. The molecule has 1 aromatic rings. The summed E-state index contributed by atoms with van der Waals surface area (Å²) in [7, 11) is 0. The molecule has 10 nitrogen and oxygen atoms in total. The first-order valence-corrected chi connectivity index (χ1v) is 9.31. The number of benzene rings is 1. The number of nitrogens with zero attached hydrogens (tertiary/aromatic N) is 1. The minimum Gasteiger partial charge on any atom is -0.454 e. The van der Waals surface area contributed by atoms with Gasteiger partial charge in [-0.2, -0.15) is 0 Å². The summed E-state index contributed by atoms with van der Waals surface area (Å²) in [5, 5.41) is 5.18. The van der Waals surface area contributed by atoms with Crippen LogP contribution in [0.4, 0.5) is 10.5 Å². The van der Waals surface area contributed by atoms with Crippen LogP contribution in [0.5, 0.6) is 11.5 Å². The van der Waals surface area contributed by atoms with E-state index in [0.717, 1.165) is 17.7 Å². The number of imide groups is 1. The summed E-state index contributed by atoms with van der Waals surface area (Å²) >= 11 is 0. The Labute approximate surface area is 167 Å². The summed E-state index contributed by atoms with van der Waals surface area (Å²) in [6.07, 6.45) is 2.12. The number of ether oxygens (including phenoxy) is 3. The van der Waals surface area contributed by atoms with E-state index in [-0.39, 0.29) is 6.79 Å². The van der Waals surface area contributed by atoms with Crippen molar-refractivity contribution in [2.75, 3.05) is 25.3 Å². The van der Waals surface area contributed by atoms with Gasteiger partial charge in [0.2, 0.25) is 6.79 Å². The maximum atomic E-state index is 12.5. The second-order valence-electron chi connectivity index (χ2n) is 7.03. The Morgan fingerprint density at radius 3 is 2.79 bits per heavy atom. The van der Waals surface area contributed by atoms with Crippen LogP contribution in [-0.4, -0.2) is 54.2 Å². The number of hydrogen-bond acceptors (Lipinski definition) is 7. The number of carbonyl (C=O) groups is 4. The van der Waals surface area contributed by atoms with Crippen molar-refractivity contribution in [3.05, 3.63) is 18.2 Å². The Morgan fingerprint density at radius 2 is 2.03 bits per heavy atom. The molecule has 4 amide bonds. The van der Waals surface area contributed by atoms with Crippen LogP contribution in [-0.2, 0) is 19.1 Å². The smallest absolute Gasteiger partial charge is 0.326 e. The largest absolute Gasteiger partial charge is 0.454 e. The highest BCUT2D eigenvalue weighted by Gasteiger charge is 2.47. The molecule has 0 unspecified atom stereocenters. The molecule has 2 aliphatic heterocycles. The fourth-order valence-electron chi connectivity index (χ4n) is 3.08. The number of amides is 4. The lowest BCUT2D eigenvalue weighted by atomic mass is 9.95. The van der Waals surface area contributed by atoms with Gasteiger partial charge in [0.05, 0.1) is 0 Å². The highest BCUT2D eigenvalue weighted by atomic mass is 16.7. The monoisotopic (exact) mass is 405 g/mol. The first-order chi connectivity index (χ1) is 13.8. The Kier molecular flexibility index (Phi) is 5.90. The SMILES string of the molecule is CCCC[C@]1(C)NC(=O)N(CC(=O)OCC(=O)Nc2ccc3c(c2)OCO3)C1=O. The summed E-state index contributed by atoms with van der Waals surface area (Å²) in [5.74, 6) is -0.813. The highest BCUT2D eigenvalue weighted by molar-refractivity contribution is 6.08. The van der Waals surface area contributed by atoms with E-state index in [1.165, 1.54) is 0 Å². The zero-order valence-corrected chi connectivity index (χ0v) is 16.3. The van der Waals surface area contributed by atoms with Gasteiger partial charge in [-0.1, -0.05) is 19.8 Å². The van der Waals surface area contributed by atoms with Gasteiger partial charge in [0.1, 0.15) is 12.1 Å². The summed E-state index contributed by atoms with van der Waals surface area (Å²) in [6, 6.07) is 4.22. The lowest BCUT2D eigenvalue weighted by Crippen LogP contribution is -2.44. The van der Waals surface area contributed by atoms with Gasteiger partial charge >= 0.3 is 12.0 Å². The van der Waals surface area contributed by atoms with Crippen molar-refractivity contribution in [1.82, 2.24) is 10.2 Å². The zero-order chi connectivity index (χ0) is 21.0. The van der Waals surface area contributed by atoms with Gasteiger partial charge in [0, 0.05) is 11.8 Å². The lowest BCUT2D eigenvalue weighted by molar-refractivity contribution is -0.150. The first kappa shape index (κ1) is 20.4. The average Bonchev–Trinajstić information content (AvgIpc) is 3.23. The van der Waals surface area contributed by atoms with E-state index in [0.29, 0.717) is 23.6 Å². The van der Waals surface area contributed by atoms with Crippen LogP contribution >= 0.6 is 0 Å². The molecular weight excluding hydrogens is 382 g/mol. The number of fused-ring (bicyclic) bond motifs is 1. The molecule has 2 aliphatic rings. The van der Waals surface area contributed by atoms with Gasteiger partial charge in [-0.05, 0) is 25.5 Å². The molecule has 0 aromatic heterocycles. The molecular formula is C19H23N3O7. The van der Waals surface area contributed by atoms with Crippen LogP contribution in [0, 0.1) is 0 Å². The fourth-order valence-corrected chi connectivity index (χ4v) is 3.08. The number of unbranched alkanes of at least 4 members (excludes halogenated alkanes) is 1. The van der Waals surface area contributed by atoms with E-state index in [4.69, 9.17) is 14.2 Å². The molecule has 156 valence electrons. The van der Waals surface area contributed by atoms with Crippen molar-refractivity contribution in [2.24, 2.45) is 0 Å². The molecule has 0 spiro atoms. The van der Waals surface area contributed by atoms with E-state index < -0.39 is 42.5 Å². The maximum absolute atomic E-state index is 12.5. The van der Waals surface area contributed by atoms with Crippen LogP contribution in [0.25, 0.3) is 0 Å². The van der Waals surface area contributed by atoms with Gasteiger partial charge in [0.15, 0.2) is 18.1 Å². The molecule has 0 saturated carbocycles. The van der Waals surface area contributed by atoms with Gasteiger partial charge in [-0.3, -0.25) is 19.3 Å². The molecule has 0 radical (unpaired) electrons. The van der Waals surface area contributed by atoms with E-state index >= 15 is 0 Å². The third-order valence-corrected chi connectivity index (χ3v) is 4.68. The lowest BCUT2D eigenvalue weighted by Gasteiger charge is -2.21. The molecule has 1 fully saturated rings. The maximum Gasteiger partial charge on any atom is 0.326 e. The quantitative estimate of drug-likeness (QED) is 0.495. The van der Waals surface area contributed by atoms with Crippen molar-refractivity contribution in [2.45, 2.75) is 38.6 Å². The van der Waals surface area contributed by atoms with Crippen molar-refractivity contribution in [1.29, 1.82) is 0 Å². The minimum absolute atomic E-state index is 0.116. The topological polar surface area (TPSA) is 123 Å². The minimum atomic E-state index is -1.02. The zero-order valence-electron chi connectivity index (χ0n) is 16.3. The van der Waals surface area contributed by atoms with Gasteiger partial charge in [-0.15, -0.1) is 0 Å². The third-order valence-electron chi connectivity index (χ3n) is 4.68.